The molecule has 124 valence electrons. The molecule has 1 unspecified atom stereocenters. The summed E-state index contributed by atoms with van der Waals surface area (Å²) >= 11 is 0. The Morgan fingerprint density at radius 2 is 2.22 bits per heavy atom. The standard InChI is InChI=1S/C15H19FN4O3/c1-10(14(22)20-7-6-17-15(20)23)19(2)9-13(21)18-12-5-3-4-11(16)8-12/h3-5,8,10H,6-7,9H2,1-2H3,(H,17,23)(H,18,21)/p+1/t10-/m1/s1. The van der Waals surface area contributed by atoms with Crippen LogP contribution in [0.5, 0.6) is 0 Å². The van der Waals surface area contributed by atoms with Gasteiger partial charge in [-0.2, -0.15) is 0 Å². The average Bonchev–Trinajstić information content (AvgIpc) is 2.91. The molecule has 0 aromatic heterocycles. The summed E-state index contributed by atoms with van der Waals surface area (Å²) in [5, 5.41) is 5.15. The van der Waals surface area contributed by atoms with Crippen molar-refractivity contribution in [3.8, 4) is 0 Å². The molecular formula is C15H20FN4O3+. The van der Waals surface area contributed by atoms with Crippen LogP contribution in [-0.2, 0) is 9.59 Å². The summed E-state index contributed by atoms with van der Waals surface area (Å²) in [6.07, 6.45) is 0. The van der Waals surface area contributed by atoms with Crippen LogP contribution in [0.3, 0.4) is 0 Å². The number of nitrogens with one attached hydrogen (secondary N) is 3. The van der Waals surface area contributed by atoms with E-state index in [2.05, 4.69) is 10.6 Å². The Balaban J connectivity index is 1.89. The van der Waals surface area contributed by atoms with Gasteiger partial charge in [0, 0.05) is 18.8 Å². The Morgan fingerprint density at radius 3 is 2.83 bits per heavy atom. The number of imide groups is 1. The average molecular weight is 323 g/mol. The lowest BCUT2D eigenvalue weighted by Gasteiger charge is -2.23. The summed E-state index contributed by atoms with van der Waals surface area (Å²) in [5.41, 5.74) is 0.362. The maximum absolute atomic E-state index is 13.1. The van der Waals surface area contributed by atoms with E-state index in [0.717, 1.165) is 4.90 Å². The van der Waals surface area contributed by atoms with Crippen molar-refractivity contribution >= 4 is 23.5 Å². The van der Waals surface area contributed by atoms with Crippen molar-refractivity contribution in [1.82, 2.24) is 10.2 Å². The van der Waals surface area contributed by atoms with Gasteiger partial charge in [0.05, 0.1) is 7.05 Å². The van der Waals surface area contributed by atoms with Crippen molar-refractivity contribution in [3.05, 3.63) is 30.1 Å². The van der Waals surface area contributed by atoms with Gasteiger partial charge < -0.3 is 15.5 Å². The molecule has 1 aliphatic rings. The molecule has 0 spiro atoms. The Labute approximate surface area is 133 Å². The van der Waals surface area contributed by atoms with Crippen LogP contribution in [-0.4, -0.2) is 55.5 Å². The number of likely N-dealkylation sites (N-methyl/N-ethyl adjacent to an activating group) is 1. The van der Waals surface area contributed by atoms with E-state index >= 15 is 0 Å². The molecule has 0 aliphatic carbocycles. The second-order valence-electron chi connectivity index (χ2n) is 5.53. The van der Waals surface area contributed by atoms with Gasteiger partial charge in [-0.3, -0.25) is 14.5 Å². The zero-order valence-electron chi connectivity index (χ0n) is 13.1. The number of carbonyl (C=O) groups is 3. The number of benzene rings is 1. The van der Waals surface area contributed by atoms with E-state index in [4.69, 9.17) is 0 Å². The van der Waals surface area contributed by atoms with E-state index in [-0.39, 0.29) is 18.4 Å². The molecular weight excluding hydrogens is 303 g/mol. The Hall–Kier alpha value is -2.48. The number of halogens is 1. The number of amides is 4. The highest BCUT2D eigenvalue weighted by atomic mass is 19.1. The van der Waals surface area contributed by atoms with Crippen LogP contribution in [0.25, 0.3) is 0 Å². The fraction of sp³-hybridized carbons (Fsp3) is 0.400. The fourth-order valence-corrected chi connectivity index (χ4v) is 2.30. The highest BCUT2D eigenvalue weighted by Crippen LogP contribution is 2.08. The molecule has 1 saturated heterocycles. The molecule has 0 radical (unpaired) electrons. The Kier molecular flexibility index (Phi) is 5.28. The summed E-state index contributed by atoms with van der Waals surface area (Å²) in [4.78, 5) is 37.5. The third-order valence-corrected chi connectivity index (χ3v) is 3.78. The minimum atomic E-state index is -0.544. The maximum Gasteiger partial charge on any atom is 0.324 e. The number of rotatable bonds is 5. The topological polar surface area (TPSA) is 83.0 Å². The van der Waals surface area contributed by atoms with E-state index in [0.29, 0.717) is 23.7 Å². The molecule has 1 aromatic carbocycles. The molecule has 3 N–H and O–H groups in total. The first kappa shape index (κ1) is 16.9. The summed E-state index contributed by atoms with van der Waals surface area (Å²) < 4.78 is 13.1. The number of anilines is 1. The minimum absolute atomic E-state index is 0.0267. The SMILES string of the molecule is C[C@H](C(=O)N1CCNC1=O)[NH+](C)CC(=O)Nc1cccc(F)c1. The van der Waals surface area contributed by atoms with Gasteiger partial charge in [-0.25, -0.2) is 9.18 Å². The monoisotopic (exact) mass is 323 g/mol. The lowest BCUT2D eigenvalue weighted by Crippen LogP contribution is -3.15. The van der Waals surface area contributed by atoms with Gasteiger partial charge in [0.15, 0.2) is 12.6 Å². The molecule has 7 nitrogen and oxygen atoms in total. The second kappa shape index (κ2) is 7.19. The Bertz CT molecular complexity index is 622. The summed E-state index contributed by atoms with van der Waals surface area (Å²) in [6.45, 7) is 2.47. The summed E-state index contributed by atoms with van der Waals surface area (Å²) in [7, 11) is 1.70. The normalized spacial score (nSPS) is 16.7. The maximum atomic E-state index is 13.1. The molecule has 4 amide bonds. The minimum Gasteiger partial charge on any atom is -0.336 e. The van der Waals surface area contributed by atoms with Crippen LogP contribution in [0.4, 0.5) is 14.9 Å². The van der Waals surface area contributed by atoms with Crippen molar-refractivity contribution < 1.29 is 23.7 Å². The molecule has 1 aliphatic heterocycles. The van der Waals surface area contributed by atoms with E-state index in [1.807, 2.05) is 0 Å². The number of hydrogen-bond acceptors (Lipinski definition) is 3. The largest absolute Gasteiger partial charge is 0.336 e. The lowest BCUT2D eigenvalue weighted by molar-refractivity contribution is -0.886. The number of quaternary nitrogens is 1. The number of carbonyl (C=O) groups excluding carboxylic acids is 3. The Morgan fingerprint density at radius 1 is 1.48 bits per heavy atom. The van der Waals surface area contributed by atoms with E-state index in [9.17, 15) is 18.8 Å². The smallest absolute Gasteiger partial charge is 0.324 e. The summed E-state index contributed by atoms with van der Waals surface area (Å²) in [6, 6.07) is 4.64. The molecule has 0 bridgehead atoms. The number of hydrogen-bond donors (Lipinski definition) is 3. The molecule has 8 heteroatoms. The van der Waals surface area contributed by atoms with Crippen molar-refractivity contribution in [2.75, 3.05) is 32.0 Å². The fourth-order valence-electron chi connectivity index (χ4n) is 2.30. The lowest BCUT2D eigenvalue weighted by atomic mass is 10.2. The second-order valence-corrected chi connectivity index (χ2v) is 5.53. The van der Waals surface area contributed by atoms with Gasteiger partial charge in [-0.1, -0.05) is 6.07 Å². The van der Waals surface area contributed by atoms with Gasteiger partial charge in [0.2, 0.25) is 0 Å². The van der Waals surface area contributed by atoms with Crippen molar-refractivity contribution in [1.29, 1.82) is 0 Å². The van der Waals surface area contributed by atoms with Gasteiger partial charge in [0.1, 0.15) is 5.82 Å². The van der Waals surface area contributed by atoms with Crippen LogP contribution < -0.4 is 15.5 Å². The highest BCUT2D eigenvalue weighted by Gasteiger charge is 2.34. The van der Waals surface area contributed by atoms with Crippen molar-refractivity contribution in [2.24, 2.45) is 0 Å². The highest BCUT2D eigenvalue weighted by molar-refractivity contribution is 5.97. The molecule has 0 saturated carbocycles. The van der Waals surface area contributed by atoms with Crippen molar-refractivity contribution in [3.63, 3.8) is 0 Å². The third-order valence-electron chi connectivity index (χ3n) is 3.78. The summed E-state index contributed by atoms with van der Waals surface area (Å²) in [5.74, 6) is -1.10. The molecule has 2 rings (SSSR count). The molecule has 1 aromatic rings. The van der Waals surface area contributed by atoms with Gasteiger partial charge in [0.25, 0.3) is 11.8 Å². The van der Waals surface area contributed by atoms with Crippen LogP contribution in [0, 0.1) is 5.82 Å². The van der Waals surface area contributed by atoms with Gasteiger partial charge >= 0.3 is 6.03 Å². The molecule has 1 heterocycles. The first-order valence-corrected chi connectivity index (χ1v) is 7.35. The van der Waals surface area contributed by atoms with E-state index in [1.54, 1.807) is 20.0 Å². The molecule has 2 atom stereocenters. The van der Waals surface area contributed by atoms with E-state index in [1.165, 1.54) is 18.2 Å². The van der Waals surface area contributed by atoms with Crippen LogP contribution in [0.15, 0.2) is 24.3 Å². The predicted molar refractivity (Wildman–Crippen MR) is 81.4 cm³/mol. The van der Waals surface area contributed by atoms with Crippen LogP contribution >= 0.6 is 0 Å². The number of urea groups is 1. The van der Waals surface area contributed by atoms with Crippen molar-refractivity contribution in [2.45, 2.75) is 13.0 Å². The van der Waals surface area contributed by atoms with Gasteiger partial charge in [-0.15, -0.1) is 0 Å². The molecule has 1 fully saturated rings. The van der Waals surface area contributed by atoms with Crippen LogP contribution in [0.2, 0.25) is 0 Å². The predicted octanol–water partition coefficient (Wildman–Crippen LogP) is -0.781. The van der Waals surface area contributed by atoms with E-state index < -0.39 is 17.9 Å². The quantitative estimate of drug-likeness (QED) is 0.665. The third kappa shape index (κ3) is 4.26. The van der Waals surface area contributed by atoms with Crippen LogP contribution in [0.1, 0.15) is 6.92 Å². The first-order chi connectivity index (χ1) is 10.9. The zero-order chi connectivity index (χ0) is 17.0. The number of nitrogens with zero attached hydrogens (tertiary/aromatic N) is 1. The molecule has 23 heavy (non-hydrogen) atoms. The van der Waals surface area contributed by atoms with Gasteiger partial charge in [-0.05, 0) is 25.1 Å². The zero-order valence-corrected chi connectivity index (χ0v) is 13.1. The first-order valence-electron chi connectivity index (χ1n) is 7.35.